The predicted octanol–water partition coefficient (Wildman–Crippen LogP) is 3.06. The summed E-state index contributed by atoms with van der Waals surface area (Å²) in [6.45, 7) is 6.70. The molecule has 1 aliphatic carbocycles. The Labute approximate surface area is 130 Å². The first-order valence-electron chi connectivity index (χ1n) is 8.12. The van der Waals surface area contributed by atoms with Gasteiger partial charge < -0.3 is 5.73 Å². The van der Waals surface area contributed by atoms with Crippen molar-refractivity contribution in [1.82, 2.24) is 14.8 Å². The van der Waals surface area contributed by atoms with Crippen LogP contribution in [0.3, 0.4) is 0 Å². The molecule has 5 heteroatoms. The topological polar surface area (TPSA) is 73.8 Å². The minimum Gasteiger partial charge on any atom is -0.330 e. The molecule has 1 fully saturated rings. The van der Waals surface area contributed by atoms with Crippen molar-refractivity contribution in [1.29, 1.82) is 0 Å². The van der Waals surface area contributed by atoms with Crippen LogP contribution in [0.15, 0.2) is 12.3 Å². The number of pyridine rings is 1. The molecule has 0 aromatic carbocycles. The molecule has 118 valence electrons. The highest BCUT2D eigenvalue weighted by Crippen LogP contribution is 2.40. The van der Waals surface area contributed by atoms with Crippen molar-refractivity contribution >= 4 is 16.8 Å². The van der Waals surface area contributed by atoms with E-state index in [4.69, 9.17) is 10.7 Å². The average Bonchev–Trinajstić information content (AvgIpc) is 3.25. The molecule has 0 radical (unpaired) electrons. The average molecular weight is 300 g/mol. The fourth-order valence-corrected chi connectivity index (χ4v) is 2.74. The minimum absolute atomic E-state index is 0.149. The second-order valence-corrected chi connectivity index (χ2v) is 6.76. The molecule has 1 saturated carbocycles. The molecule has 1 unspecified atom stereocenters. The molecule has 2 heterocycles. The Bertz CT molecular complexity index is 700. The Morgan fingerprint density at radius 3 is 2.73 bits per heavy atom. The number of Topliss-reactive ketones (excluding diaryl/α,β-unsaturated/α-hetero) is 1. The smallest absolute Gasteiger partial charge is 0.164 e. The molecule has 0 spiro atoms. The SMILES string of the molecule is CC(CN)CC(=O)c1cc(C2CC2)nc2c1cnn2C(C)C. The summed E-state index contributed by atoms with van der Waals surface area (Å²) in [5.41, 5.74) is 8.30. The van der Waals surface area contributed by atoms with Gasteiger partial charge in [-0.15, -0.1) is 0 Å². The van der Waals surface area contributed by atoms with E-state index in [1.807, 2.05) is 17.7 Å². The zero-order valence-electron chi connectivity index (χ0n) is 13.5. The van der Waals surface area contributed by atoms with E-state index in [2.05, 4.69) is 18.9 Å². The maximum Gasteiger partial charge on any atom is 0.164 e. The van der Waals surface area contributed by atoms with Crippen LogP contribution in [0, 0.1) is 5.92 Å². The van der Waals surface area contributed by atoms with Gasteiger partial charge in [-0.05, 0) is 45.2 Å². The lowest BCUT2D eigenvalue weighted by molar-refractivity contribution is 0.0967. The minimum atomic E-state index is 0.149. The molecule has 22 heavy (non-hydrogen) atoms. The van der Waals surface area contributed by atoms with Gasteiger partial charge in [0.25, 0.3) is 0 Å². The Hall–Kier alpha value is -1.75. The third-order valence-corrected chi connectivity index (χ3v) is 4.31. The standard InChI is InChI=1S/C17H24N4O/c1-10(2)21-17-14(9-19-21)13(16(22)6-11(3)8-18)7-15(20-17)12-4-5-12/h7,9-12H,4-6,8,18H2,1-3H3. The molecule has 2 aromatic heterocycles. The first kappa shape index (κ1) is 15.2. The second-order valence-electron chi connectivity index (χ2n) is 6.76. The highest BCUT2D eigenvalue weighted by molar-refractivity contribution is 6.06. The lowest BCUT2D eigenvalue weighted by Crippen LogP contribution is -2.16. The second kappa shape index (κ2) is 5.80. The van der Waals surface area contributed by atoms with Gasteiger partial charge in [0.2, 0.25) is 0 Å². The van der Waals surface area contributed by atoms with Crippen LogP contribution in [0.5, 0.6) is 0 Å². The maximum absolute atomic E-state index is 12.7. The lowest BCUT2D eigenvalue weighted by Gasteiger charge is -2.11. The van der Waals surface area contributed by atoms with Crippen LogP contribution >= 0.6 is 0 Å². The Balaban J connectivity index is 2.09. The number of nitrogens with zero attached hydrogens (tertiary/aromatic N) is 3. The first-order chi connectivity index (χ1) is 10.5. The molecule has 3 rings (SSSR count). The number of hydrogen-bond acceptors (Lipinski definition) is 4. The van der Waals surface area contributed by atoms with E-state index in [1.165, 1.54) is 12.8 Å². The van der Waals surface area contributed by atoms with Gasteiger partial charge in [-0.2, -0.15) is 5.10 Å². The number of carbonyl (C=O) groups excluding carboxylic acids is 1. The fraction of sp³-hybridized carbons (Fsp3) is 0.588. The van der Waals surface area contributed by atoms with Gasteiger partial charge in [0.05, 0.1) is 6.20 Å². The predicted molar refractivity (Wildman–Crippen MR) is 87.1 cm³/mol. The number of ketones is 1. The van der Waals surface area contributed by atoms with Crippen LogP contribution in [0.2, 0.25) is 0 Å². The summed E-state index contributed by atoms with van der Waals surface area (Å²) in [5, 5.41) is 5.30. The van der Waals surface area contributed by atoms with E-state index in [-0.39, 0.29) is 17.7 Å². The van der Waals surface area contributed by atoms with Crippen molar-refractivity contribution in [3.8, 4) is 0 Å². The Morgan fingerprint density at radius 1 is 1.41 bits per heavy atom. The highest BCUT2D eigenvalue weighted by atomic mass is 16.1. The van der Waals surface area contributed by atoms with Crippen molar-refractivity contribution in [2.75, 3.05) is 6.54 Å². The van der Waals surface area contributed by atoms with Crippen LogP contribution in [0.25, 0.3) is 11.0 Å². The monoisotopic (exact) mass is 300 g/mol. The van der Waals surface area contributed by atoms with E-state index in [1.54, 1.807) is 6.20 Å². The third kappa shape index (κ3) is 2.77. The number of nitrogens with two attached hydrogens (primary N) is 1. The zero-order valence-corrected chi connectivity index (χ0v) is 13.5. The number of aromatic nitrogens is 3. The van der Waals surface area contributed by atoms with Gasteiger partial charge in [0.1, 0.15) is 0 Å². The molecule has 2 aromatic rings. The van der Waals surface area contributed by atoms with E-state index in [0.29, 0.717) is 18.9 Å². The van der Waals surface area contributed by atoms with Crippen molar-refractivity contribution in [2.45, 2.75) is 52.0 Å². The number of rotatable bonds is 6. The maximum atomic E-state index is 12.7. The van der Waals surface area contributed by atoms with Crippen LogP contribution in [-0.4, -0.2) is 27.1 Å². The van der Waals surface area contributed by atoms with Crippen molar-refractivity contribution < 1.29 is 4.79 Å². The van der Waals surface area contributed by atoms with Gasteiger partial charge in [-0.3, -0.25) is 4.79 Å². The zero-order chi connectivity index (χ0) is 15.9. The molecule has 0 amide bonds. The molecule has 1 atom stereocenters. The fourth-order valence-electron chi connectivity index (χ4n) is 2.74. The molecule has 1 aliphatic rings. The Morgan fingerprint density at radius 2 is 2.14 bits per heavy atom. The molecular formula is C17H24N4O. The normalized spacial score (nSPS) is 16.4. The van der Waals surface area contributed by atoms with E-state index in [9.17, 15) is 4.79 Å². The quantitative estimate of drug-likeness (QED) is 0.832. The van der Waals surface area contributed by atoms with E-state index >= 15 is 0 Å². The first-order valence-corrected chi connectivity index (χ1v) is 8.12. The number of carbonyl (C=O) groups is 1. The van der Waals surface area contributed by atoms with Crippen LogP contribution in [-0.2, 0) is 0 Å². The van der Waals surface area contributed by atoms with Crippen molar-refractivity contribution in [3.05, 3.63) is 23.5 Å². The molecule has 0 bridgehead atoms. The highest BCUT2D eigenvalue weighted by Gasteiger charge is 2.28. The largest absolute Gasteiger partial charge is 0.330 e. The molecule has 5 nitrogen and oxygen atoms in total. The molecule has 0 saturated heterocycles. The molecule has 2 N–H and O–H groups in total. The van der Waals surface area contributed by atoms with Crippen molar-refractivity contribution in [2.24, 2.45) is 11.7 Å². The van der Waals surface area contributed by atoms with Gasteiger partial charge in [0, 0.05) is 35.0 Å². The molecule has 0 aliphatic heterocycles. The van der Waals surface area contributed by atoms with Crippen molar-refractivity contribution in [3.63, 3.8) is 0 Å². The summed E-state index contributed by atoms with van der Waals surface area (Å²) >= 11 is 0. The van der Waals surface area contributed by atoms with Gasteiger partial charge in [-0.25, -0.2) is 9.67 Å². The van der Waals surface area contributed by atoms with Crippen LogP contribution < -0.4 is 5.73 Å². The van der Waals surface area contributed by atoms with E-state index < -0.39 is 0 Å². The molecular weight excluding hydrogens is 276 g/mol. The summed E-state index contributed by atoms with van der Waals surface area (Å²) in [7, 11) is 0. The van der Waals surface area contributed by atoms with Crippen LogP contribution in [0.1, 0.15) is 68.0 Å². The summed E-state index contributed by atoms with van der Waals surface area (Å²) < 4.78 is 1.91. The van der Waals surface area contributed by atoms with Gasteiger partial charge in [-0.1, -0.05) is 6.92 Å². The van der Waals surface area contributed by atoms with Crippen LogP contribution in [0.4, 0.5) is 0 Å². The summed E-state index contributed by atoms with van der Waals surface area (Å²) in [6, 6.07) is 2.21. The van der Waals surface area contributed by atoms with Gasteiger partial charge >= 0.3 is 0 Å². The van der Waals surface area contributed by atoms with E-state index in [0.717, 1.165) is 22.3 Å². The summed E-state index contributed by atoms with van der Waals surface area (Å²) in [4.78, 5) is 17.5. The summed E-state index contributed by atoms with van der Waals surface area (Å²) in [5.74, 6) is 0.856. The third-order valence-electron chi connectivity index (χ3n) is 4.31. The number of fused-ring (bicyclic) bond motifs is 1. The lowest BCUT2D eigenvalue weighted by atomic mass is 9.97. The number of hydrogen-bond donors (Lipinski definition) is 1. The van der Waals surface area contributed by atoms with Gasteiger partial charge in [0.15, 0.2) is 11.4 Å². The Kier molecular flexibility index (Phi) is 4.00. The summed E-state index contributed by atoms with van der Waals surface area (Å²) in [6.07, 6.45) is 4.59.